The minimum Gasteiger partial charge on any atom is -0.372 e. The van der Waals surface area contributed by atoms with Crippen molar-refractivity contribution in [2.24, 2.45) is 0 Å². The Morgan fingerprint density at radius 2 is 1.77 bits per heavy atom. The number of nitrogens with zero attached hydrogens (tertiary/aromatic N) is 1. The highest BCUT2D eigenvalue weighted by Gasteiger charge is 2.28. The van der Waals surface area contributed by atoms with Crippen molar-refractivity contribution < 1.29 is 14.4 Å². The quantitative estimate of drug-likeness (QED) is 0.856. The first-order valence-corrected chi connectivity index (χ1v) is 6.93. The predicted octanol–water partition coefficient (Wildman–Crippen LogP) is 2.56. The van der Waals surface area contributed by atoms with E-state index in [0.29, 0.717) is 22.7 Å². The third kappa shape index (κ3) is 2.99. The van der Waals surface area contributed by atoms with Crippen LogP contribution in [-0.4, -0.2) is 22.2 Å². The summed E-state index contributed by atoms with van der Waals surface area (Å²) in [4.78, 5) is 12.1. The molecule has 1 heterocycles. The number of benzene rings is 2. The Bertz CT molecular complexity index is 698. The van der Waals surface area contributed by atoms with Crippen LogP contribution in [0, 0.1) is 5.82 Å². The monoisotopic (exact) mass is 298 g/mol. The van der Waals surface area contributed by atoms with E-state index in [1.165, 1.54) is 18.3 Å². The Labute approximate surface area is 127 Å². The summed E-state index contributed by atoms with van der Waals surface area (Å²) in [6.07, 6.45) is 1.76. The number of rotatable bonds is 3. The molecule has 22 heavy (non-hydrogen) atoms. The average molecular weight is 298 g/mol. The third-order valence-electron chi connectivity index (χ3n) is 3.54. The highest BCUT2D eigenvalue weighted by Crippen LogP contribution is 2.19. The van der Waals surface area contributed by atoms with Crippen molar-refractivity contribution in [3.8, 4) is 0 Å². The second kappa shape index (κ2) is 5.99. The Morgan fingerprint density at radius 3 is 2.45 bits per heavy atom. The number of carbonyl (C=O) groups is 1. The van der Waals surface area contributed by atoms with Crippen molar-refractivity contribution in [1.82, 2.24) is 10.4 Å². The molecular formula is C17H15FN2O2. The average Bonchev–Trinajstić information content (AvgIpc) is 2.53. The van der Waals surface area contributed by atoms with Gasteiger partial charge in [0.25, 0.3) is 5.91 Å². The van der Waals surface area contributed by atoms with Crippen molar-refractivity contribution in [3.63, 3.8) is 0 Å². The number of carbonyl (C=O) groups excluding carboxylic acids is 1. The van der Waals surface area contributed by atoms with Crippen LogP contribution in [0.1, 0.15) is 11.1 Å². The highest BCUT2D eigenvalue weighted by molar-refractivity contribution is 5.87. The molecule has 1 aliphatic rings. The summed E-state index contributed by atoms with van der Waals surface area (Å²) < 4.78 is 13.0. The van der Waals surface area contributed by atoms with Crippen molar-refractivity contribution in [1.29, 1.82) is 0 Å². The lowest BCUT2D eigenvalue weighted by Crippen LogP contribution is -2.48. The van der Waals surface area contributed by atoms with Gasteiger partial charge in [-0.05, 0) is 35.4 Å². The molecule has 0 aliphatic carbocycles. The van der Waals surface area contributed by atoms with E-state index in [4.69, 9.17) is 0 Å². The summed E-state index contributed by atoms with van der Waals surface area (Å²) in [7, 11) is 0. The molecule has 0 bridgehead atoms. The zero-order valence-electron chi connectivity index (χ0n) is 11.7. The molecule has 2 N–H and O–H groups in total. The normalized spacial score (nSPS) is 17.9. The lowest BCUT2D eigenvalue weighted by Gasteiger charge is -2.29. The molecular weight excluding hydrogens is 283 g/mol. The zero-order chi connectivity index (χ0) is 15.5. The summed E-state index contributed by atoms with van der Waals surface area (Å²) in [5.74, 6) is -0.757. The number of hydroxylamine groups is 2. The van der Waals surface area contributed by atoms with E-state index in [1.54, 1.807) is 12.1 Å². The molecule has 5 heteroatoms. The molecule has 0 aromatic heterocycles. The van der Waals surface area contributed by atoms with E-state index in [1.807, 2.05) is 30.3 Å². The molecule has 0 fully saturated rings. The van der Waals surface area contributed by atoms with Crippen molar-refractivity contribution in [2.75, 3.05) is 0 Å². The largest absolute Gasteiger partial charge is 0.372 e. The molecule has 2 aromatic carbocycles. The second-order valence-corrected chi connectivity index (χ2v) is 5.12. The first-order valence-electron chi connectivity index (χ1n) is 6.93. The van der Waals surface area contributed by atoms with Crippen molar-refractivity contribution in [3.05, 3.63) is 77.7 Å². The van der Waals surface area contributed by atoms with Crippen LogP contribution in [-0.2, 0) is 11.2 Å². The van der Waals surface area contributed by atoms with Crippen LogP contribution in [0.4, 0.5) is 4.39 Å². The SMILES string of the molecule is O=C1C(Cc2ccccc2)NC(c2ccc(F)cc2)=CN1O. The van der Waals surface area contributed by atoms with E-state index in [0.717, 1.165) is 5.56 Å². The molecule has 112 valence electrons. The maximum absolute atomic E-state index is 13.0. The Hall–Kier alpha value is -2.66. The lowest BCUT2D eigenvalue weighted by atomic mass is 10.0. The van der Waals surface area contributed by atoms with Gasteiger partial charge >= 0.3 is 0 Å². The van der Waals surface area contributed by atoms with Gasteiger partial charge in [0.15, 0.2) is 0 Å². The summed E-state index contributed by atoms with van der Waals surface area (Å²) in [6, 6.07) is 14.8. The molecule has 0 spiro atoms. The second-order valence-electron chi connectivity index (χ2n) is 5.12. The van der Waals surface area contributed by atoms with Gasteiger partial charge in [-0.1, -0.05) is 30.3 Å². The van der Waals surface area contributed by atoms with Crippen molar-refractivity contribution >= 4 is 11.6 Å². The fraction of sp³-hybridized carbons (Fsp3) is 0.118. The minimum absolute atomic E-state index is 0.335. The molecule has 1 unspecified atom stereocenters. The molecule has 2 aromatic rings. The Balaban J connectivity index is 1.83. The van der Waals surface area contributed by atoms with Gasteiger partial charge in [0.05, 0.1) is 11.9 Å². The minimum atomic E-state index is -0.572. The third-order valence-corrected chi connectivity index (χ3v) is 3.54. The standard InChI is InChI=1S/C17H15FN2O2/c18-14-8-6-13(7-9-14)16-11-20(22)17(21)15(19-16)10-12-4-2-1-3-5-12/h1-9,11,15,19,22H,10H2. The van der Waals surface area contributed by atoms with Gasteiger partial charge in [0.1, 0.15) is 11.9 Å². The van der Waals surface area contributed by atoms with E-state index in [2.05, 4.69) is 5.32 Å². The number of halogens is 1. The molecule has 4 nitrogen and oxygen atoms in total. The maximum atomic E-state index is 13.0. The first kappa shape index (κ1) is 14.3. The van der Waals surface area contributed by atoms with Crippen LogP contribution in [0.2, 0.25) is 0 Å². The molecule has 0 saturated heterocycles. The fourth-order valence-electron chi connectivity index (χ4n) is 2.41. The van der Waals surface area contributed by atoms with E-state index >= 15 is 0 Å². The van der Waals surface area contributed by atoms with Gasteiger partial charge in [-0.15, -0.1) is 0 Å². The molecule has 1 amide bonds. The van der Waals surface area contributed by atoms with Gasteiger partial charge in [-0.2, -0.15) is 5.06 Å². The van der Waals surface area contributed by atoms with Crippen LogP contribution >= 0.6 is 0 Å². The summed E-state index contributed by atoms with van der Waals surface area (Å²) in [5.41, 5.74) is 2.26. The predicted molar refractivity (Wildman–Crippen MR) is 80.1 cm³/mol. The van der Waals surface area contributed by atoms with Crippen LogP contribution in [0.5, 0.6) is 0 Å². The van der Waals surface area contributed by atoms with Crippen LogP contribution in [0.15, 0.2) is 60.8 Å². The smallest absolute Gasteiger partial charge is 0.272 e. The number of hydrogen-bond donors (Lipinski definition) is 2. The van der Waals surface area contributed by atoms with E-state index in [9.17, 15) is 14.4 Å². The summed E-state index contributed by atoms with van der Waals surface area (Å²) in [5, 5.41) is 13.5. The maximum Gasteiger partial charge on any atom is 0.272 e. The van der Waals surface area contributed by atoms with Crippen LogP contribution in [0.3, 0.4) is 0 Å². The van der Waals surface area contributed by atoms with Gasteiger partial charge in [-0.3, -0.25) is 10.0 Å². The lowest BCUT2D eigenvalue weighted by molar-refractivity contribution is -0.157. The number of amides is 1. The van der Waals surface area contributed by atoms with E-state index < -0.39 is 11.9 Å². The van der Waals surface area contributed by atoms with Crippen molar-refractivity contribution in [2.45, 2.75) is 12.5 Å². The zero-order valence-corrected chi connectivity index (χ0v) is 11.7. The van der Waals surface area contributed by atoms with E-state index in [-0.39, 0.29) is 5.82 Å². The topological polar surface area (TPSA) is 52.6 Å². The van der Waals surface area contributed by atoms with Gasteiger partial charge in [-0.25, -0.2) is 4.39 Å². The first-order chi connectivity index (χ1) is 10.6. The molecule has 1 atom stereocenters. The molecule has 1 aliphatic heterocycles. The summed E-state index contributed by atoms with van der Waals surface area (Å²) >= 11 is 0. The molecule has 0 radical (unpaired) electrons. The number of hydrogen-bond acceptors (Lipinski definition) is 3. The highest BCUT2D eigenvalue weighted by atomic mass is 19.1. The fourth-order valence-corrected chi connectivity index (χ4v) is 2.41. The van der Waals surface area contributed by atoms with Gasteiger partial charge in [0, 0.05) is 6.42 Å². The van der Waals surface area contributed by atoms with Gasteiger partial charge in [0.2, 0.25) is 0 Å². The van der Waals surface area contributed by atoms with Crippen LogP contribution < -0.4 is 5.32 Å². The van der Waals surface area contributed by atoms with Crippen LogP contribution in [0.25, 0.3) is 5.70 Å². The summed E-state index contributed by atoms with van der Waals surface area (Å²) in [6.45, 7) is 0. The number of nitrogens with one attached hydrogen (secondary N) is 1. The Morgan fingerprint density at radius 1 is 1.09 bits per heavy atom. The Kier molecular flexibility index (Phi) is 3.89. The molecule has 3 rings (SSSR count). The molecule has 0 saturated carbocycles. The van der Waals surface area contributed by atoms with Gasteiger partial charge < -0.3 is 5.32 Å².